The summed E-state index contributed by atoms with van der Waals surface area (Å²) in [4.78, 5) is 23.6. The first-order valence-corrected chi connectivity index (χ1v) is 6.29. The van der Waals surface area contributed by atoms with Crippen molar-refractivity contribution in [3.8, 4) is 0 Å². The highest BCUT2D eigenvalue weighted by molar-refractivity contribution is 6.20. The van der Waals surface area contributed by atoms with Crippen LogP contribution in [0.2, 0.25) is 0 Å². The van der Waals surface area contributed by atoms with Crippen LogP contribution in [-0.2, 0) is 0 Å². The molecule has 19 heavy (non-hydrogen) atoms. The predicted octanol–water partition coefficient (Wildman–Crippen LogP) is 2.58. The lowest BCUT2D eigenvalue weighted by Gasteiger charge is -2.29. The van der Waals surface area contributed by atoms with E-state index >= 15 is 0 Å². The second kappa shape index (κ2) is 5.52. The van der Waals surface area contributed by atoms with Crippen molar-refractivity contribution in [2.24, 2.45) is 0 Å². The van der Waals surface area contributed by atoms with Crippen molar-refractivity contribution in [2.45, 2.75) is 18.2 Å². The Morgan fingerprint density at radius 2 is 2.00 bits per heavy atom. The van der Waals surface area contributed by atoms with Crippen LogP contribution in [0.15, 0.2) is 18.2 Å². The molecule has 1 fully saturated rings. The van der Waals surface area contributed by atoms with E-state index in [4.69, 9.17) is 11.6 Å². The van der Waals surface area contributed by atoms with Gasteiger partial charge in [-0.2, -0.15) is 0 Å². The highest BCUT2D eigenvalue weighted by Crippen LogP contribution is 2.21. The number of halogens is 2. The third-order valence-corrected chi connectivity index (χ3v) is 3.49. The quantitative estimate of drug-likeness (QED) is 0.477. The first-order valence-electron chi connectivity index (χ1n) is 5.85. The number of alkyl halides is 1. The van der Waals surface area contributed by atoms with Crippen molar-refractivity contribution in [1.82, 2.24) is 4.90 Å². The zero-order chi connectivity index (χ0) is 14.0. The first-order chi connectivity index (χ1) is 8.97. The number of carbonyl (C=O) groups excluding carboxylic acids is 1. The van der Waals surface area contributed by atoms with Gasteiger partial charge in [-0.15, -0.1) is 11.6 Å². The number of non-ortho nitro benzene ring substituents is 1. The van der Waals surface area contributed by atoms with Gasteiger partial charge in [0.15, 0.2) is 0 Å². The molecule has 0 spiro atoms. The number of carbonyl (C=O) groups is 1. The van der Waals surface area contributed by atoms with Gasteiger partial charge in [-0.3, -0.25) is 14.9 Å². The molecule has 0 radical (unpaired) electrons. The normalized spacial score (nSPS) is 16.4. The van der Waals surface area contributed by atoms with Crippen LogP contribution in [0.3, 0.4) is 0 Å². The molecule has 1 saturated heterocycles. The molecule has 102 valence electrons. The molecule has 1 heterocycles. The summed E-state index contributed by atoms with van der Waals surface area (Å²) in [6.45, 7) is 0.967. The van der Waals surface area contributed by atoms with Gasteiger partial charge in [-0.05, 0) is 18.9 Å². The van der Waals surface area contributed by atoms with Gasteiger partial charge in [0.1, 0.15) is 5.82 Å². The van der Waals surface area contributed by atoms with E-state index in [-0.39, 0.29) is 10.9 Å². The molecule has 2 rings (SSSR count). The number of nitro groups is 1. The van der Waals surface area contributed by atoms with Crippen LogP contribution in [-0.4, -0.2) is 34.2 Å². The van der Waals surface area contributed by atoms with Gasteiger partial charge >= 0.3 is 0 Å². The van der Waals surface area contributed by atoms with Crippen LogP contribution in [0.5, 0.6) is 0 Å². The fraction of sp³-hybridized carbons (Fsp3) is 0.417. The van der Waals surface area contributed by atoms with Crippen molar-refractivity contribution >= 4 is 23.2 Å². The zero-order valence-electron chi connectivity index (χ0n) is 10.0. The molecule has 0 atom stereocenters. The fourth-order valence-electron chi connectivity index (χ4n) is 2.04. The summed E-state index contributed by atoms with van der Waals surface area (Å²) in [7, 11) is 0. The van der Waals surface area contributed by atoms with E-state index in [1.54, 1.807) is 0 Å². The van der Waals surface area contributed by atoms with E-state index in [9.17, 15) is 19.3 Å². The van der Waals surface area contributed by atoms with Gasteiger partial charge in [-0.25, -0.2) is 4.39 Å². The summed E-state index contributed by atoms with van der Waals surface area (Å²) in [5.41, 5.74) is -0.421. The smallest absolute Gasteiger partial charge is 0.273 e. The Balaban J connectivity index is 2.21. The maximum Gasteiger partial charge on any atom is 0.273 e. The maximum absolute atomic E-state index is 13.3. The molecule has 7 heteroatoms. The summed E-state index contributed by atoms with van der Waals surface area (Å²) in [5, 5.41) is 10.7. The summed E-state index contributed by atoms with van der Waals surface area (Å²) in [6.07, 6.45) is 1.34. The summed E-state index contributed by atoms with van der Waals surface area (Å²) in [5.74, 6) is -1.18. The Kier molecular flexibility index (Phi) is 3.99. The van der Waals surface area contributed by atoms with Gasteiger partial charge in [0.05, 0.1) is 11.0 Å². The SMILES string of the molecule is O=C(c1cc(F)cc([N+](=O)[O-])c1)N1CCC(Cl)CC1. The number of nitrogens with zero attached hydrogens (tertiary/aromatic N) is 2. The molecular formula is C12H12ClFN2O3. The molecule has 0 saturated carbocycles. The topological polar surface area (TPSA) is 63.4 Å². The summed E-state index contributed by atoms with van der Waals surface area (Å²) in [6, 6.07) is 2.90. The van der Waals surface area contributed by atoms with Gasteiger partial charge in [0, 0.05) is 30.1 Å². The molecule has 0 aromatic heterocycles. The highest BCUT2D eigenvalue weighted by atomic mass is 35.5. The summed E-state index contributed by atoms with van der Waals surface area (Å²) < 4.78 is 13.3. The number of nitro benzene ring substituents is 1. The standard InChI is InChI=1S/C12H12ClFN2O3/c13-9-1-3-15(4-2-9)12(17)8-5-10(14)7-11(6-8)16(18)19/h5-7,9H,1-4H2. The number of piperidine rings is 1. The molecule has 0 N–H and O–H groups in total. The molecule has 1 aliphatic rings. The van der Waals surface area contributed by atoms with Crippen LogP contribution >= 0.6 is 11.6 Å². The second-order valence-electron chi connectivity index (χ2n) is 4.42. The molecule has 5 nitrogen and oxygen atoms in total. The van der Waals surface area contributed by atoms with Crippen molar-refractivity contribution in [1.29, 1.82) is 0 Å². The lowest BCUT2D eigenvalue weighted by atomic mass is 10.1. The average molecular weight is 287 g/mol. The molecule has 1 aromatic rings. The number of likely N-dealkylation sites (tertiary alicyclic amines) is 1. The minimum atomic E-state index is -0.787. The number of hydrogen-bond acceptors (Lipinski definition) is 3. The van der Waals surface area contributed by atoms with Gasteiger partial charge in [0.2, 0.25) is 0 Å². The fourth-order valence-corrected chi connectivity index (χ4v) is 2.23. The van der Waals surface area contributed by atoms with Crippen LogP contribution < -0.4 is 0 Å². The Hall–Kier alpha value is -1.69. The first kappa shape index (κ1) is 13.7. The van der Waals surface area contributed by atoms with Crippen LogP contribution in [0.1, 0.15) is 23.2 Å². The molecule has 0 unspecified atom stereocenters. The number of amides is 1. The minimum Gasteiger partial charge on any atom is -0.339 e. The van der Waals surface area contributed by atoms with Crippen LogP contribution in [0, 0.1) is 15.9 Å². The monoisotopic (exact) mass is 286 g/mol. The van der Waals surface area contributed by atoms with Crippen molar-refractivity contribution in [3.63, 3.8) is 0 Å². The maximum atomic E-state index is 13.3. The van der Waals surface area contributed by atoms with E-state index in [0.29, 0.717) is 25.9 Å². The van der Waals surface area contributed by atoms with Gasteiger partial charge in [-0.1, -0.05) is 0 Å². The van der Waals surface area contributed by atoms with Crippen LogP contribution in [0.25, 0.3) is 0 Å². The van der Waals surface area contributed by atoms with E-state index in [1.165, 1.54) is 4.90 Å². The molecule has 0 bridgehead atoms. The Labute approximate surface area is 114 Å². The van der Waals surface area contributed by atoms with Crippen molar-refractivity contribution in [2.75, 3.05) is 13.1 Å². The molecule has 1 amide bonds. The zero-order valence-corrected chi connectivity index (χ0v) is 10.8. The van der Waals surface area contributed by atoms with E-state index in [2.05, 4.69) is 0 Å². The molecule has 1 aliphatic heterocycles. The third kappa shape index (κ3) is 3.20. The van der Waals surface area contributed by atoms with Crippen molar-refractivity contribution in [3.05, 3.63) is 39.7 Å². The number of hydrogen-bond donors (Lipinski definition) is 0. The van der Waals surface area contributed by atoms with E-state index in [0.717, 1.165) is 18.2 Å². The lowest BCUT2D eigenvalue weighted by Crippen LogP contribution is -2.38. The molecule has 0 aliphatic carbocycles. The Morgan fingerprint density at radius 3 is 2.58 bits per heavy atom. The minimum absolute atomic E-state index is 0.000257. The summed E-state index contributed by atoms with van der Waals surface area (Å²) >= 11 is 5.94. The highest BCUT2D eigenvalue weighted by Gasteiger charge is 2.24. The predicted molar refractivity (Wildman–Crippen MR) is 67.8 cm³/mol. The molecular weight excluding hydrogens is 275 g/mol. The Bertz CT molecular complexity index is 516. The second-order valence-corrected chi connectivity index (χ2v) is 5.04. The lowest BCUT2D eigenvalue weighted by molar-refractivity contribution is -0.385. The molecule has 1 aromatic carbocycles. The number of benzene rings is 1. The number of rotatable bonds is 2. The largest absolute Gasteiger partial charge is 0.339 e. The third-order valence-electron chi connectivity index (χ3n) is 3.05. The van der Waals surface area contributed by atoms with Gasteiger partial charge in [0.25, 0.3) is 11.6 Å². The van der Waals surface area contributed by atoms with E-state index < -0.39 is 22.3 Å². The Morgan fingerprint density at radius 1 is 1.37 bits per heavy atom. The average Bonchev–Trinajstić information content (AvgIpc) is 2.38. The van der Waals surface area contributed by atoms with Gasteiger partial charge < -0.3 is 4.90 Å². The van der Waals surface area contributed by atoms with Crippen LogP contribution in [0.4, 0.5) is 10.1 Å². The van der Waals surface area contributed by atoms with Crippen molar-refractivity contribution < 1.29 is 14.1 Å². The van der Waals surface area contributed by atoms with E-state index in [1.807, 2.05) is 0 Å².